The van der Waals surface area contributed by atoms with Crippen LogP contribution in [0.5, 0.6) is 11.5 Å². The fourth-order valence-electron chi connectivity index (χ4n) is 2.99. The molecule has 0 spiro atoms. The van der Waals surface area contributed by atoms with Gasteiger partial charge in [-0.2, -0.15) is 4.98 Å². The summed E-state index contributed by atoms with van der Waals surface area (Å²) in [5, 5.41) is 3.93. The van der Waals surface area contributed by atoms with Crippen LogP contribution in [0.1, 0.15) is 11.3 Å². The summed E-state index contributed by atoms with van der Waals surface area (Å²) >= 11 is 0. The molecule has 0 aliphatic rings. The van der Waals surface area contributed by atoms with Gasteiger partial charge in [-0.1, -0.05) is 23.4 Å². The molecule has 8 nitrogen and oxygen atoms in total. The van der Waals surface area contributed by atoms with Crippen molar-refractivity contribution in [2.24, 2.45) is 7.05 Å². The van der Waals surface area contributed by atoms with Gasteiger partial charge in [0.2, 0.25) is 5.82 Å². The van der Waals surface area contributed by atoms with Crippen molar-refractivity contribution in [1.29, 1.82) is 0 Å². The number of rotatable bonds is 4. The molecule has 0 bridgehead atoms. The fourth-order valence-corrected chi connectivity index (χ4v) is 2.99. The number of aryl methyl sites for hydroxylation is 1. The van der Waals surface area contributed by atoms with E-state index in [1.807, 2.05) is 55.5 Å². The van der Waals surface area contributed by atoms with Crippen molar-refractivity contribution in [3.63, 3.8) is 0 Å². The molecule has 0 amide bonds. The van der Waals surface area contributed by atoms with Crippen LogP contribution in [-0.2, 0) is 7.05 Å². The first-order valence-corrected chi connectivity index (χ1v) is 8.92. The van der Waals surface area contributed by atoms with Crippen molar-refractivity contribution in [3.8, 4) is 34.3 Å². The molecule has 4 aromatic rings. The molecule has 4 rings (SSSR count). The number of para-hydroxylation sites is 1. The number of hydrogen-bond donors (Lipinski definition) is 1. The van der Waals surface area contributed by atoms with Crippen LogP contribution >= 0.6 is 0 Å². The van der Waals surface area contributed by atoms with Crippen molar-refractivity contribution in [2.45, 2.75) is 13.8 Å². The number of hydrogen-bond acceptors (Lipinski definition) is 6. The Morgan fingerprint density at radius 2 is 1.79 bits per heavy atom. The van der Waals surface area contributed by atoms with Crippen molar-refractivity contribution >= 4 is 0 Å². The second-order valence-corrected chi connectivity index (χ2v) is 6.59. The molecule has 0 radical (unpaired) electrons. The van der Waals surface area contributed by atoms with Gasteiger partial charge in [0.1, 0.15) is 17.1 Å². The van der Waals surface area contributed by atoms with Gasteiger partial charge in [0.05, 0.1) is 0 Å². The summed E-state index contributed by atoms with van der Waals surface area (Å²) in [6.07, 6.45) is 0. The van der Waals surface area contributed by atoms with Crippen LogP contribution in [-0.4, -0.2) is 19.7 Å². The molecule has 0 aliphatic heterocycles. The number of benzene rings is 2. The molecule has 0 saturated heterocycles. The highest BCUT2D eigenvalue weighted by Crippen LogP contribution is 2.29. The van der Waals surface area contributed by atoms with Crippen LogP contribution in [0.25, 0.3) is 22.8 Å². The van der Waals surface area contributed by atoms with Crippen molar-refractivity contribution in [3.05, 3.63) is 80.6 Å². The average molecular weight is 390 g/mol. The number of H-pyrrole nitrogens is 1. The maximum absolute atomic E-state index is 12.2. The topological polar surface area (TPSA) is 103 Å². The normalized spacial score (nSPS) is 10.9. The average Bonchev–Trinajstić information content (AvgIpc) is 3.16. The summed E-state index contributed by atoms with van der Waals surface area (Å²) in [6.45, 7) is 3.56. The number of nitrogens with zero attached hydrogens (tertiary/aromatic N) is 3. The van der Waals surface area contributed by atoms with Gasteiger partial charge in [-0.15, -0.1) is 0 Å². The van der Waals surface area contributed by atoms with E-state index in [4.69, 9.17) is 9.26 Å². The zero-order chi connectivity index (χ0) is 20.5. The molecule has 1 N–H and O–H groups in total. The standard InChI is InChI=1S/C21H18N4O4/c1-12-11-15(28-14-7-5-4-6-8-14)9-10-16(12)20-22-18(24-29-20)17-13(2)25(3)21(27)23-19(17)26/h4-11H,1-3H3,(H,23,26,27). The SMILES string of the molecule is Cc1cc(Oc2ccccc2)ccc1-c1nc(-c2c(C)n(C)c(=O)[nH]c2=O)no1. The molecule has 2 aromatic carbocycles. The van der Waals surface area contributed by atoms with Crippen molar-refractivity contribution < 1.29 is 9.26 Å². The first-order valence-electron chi connectivity index (χ1n) is 8.92. The molecular formula is C21H18N4O4. The Labute approximate surface area is 165 Å². The number of aromatic nitrogens is 4. The summed E-state index contributed by atoms with van der Waals surface area (Å²) in [4.78, 5) is 30.6. The van der Waals surface area contributed by atoms with Crippen LogP contribution in [0.4, 0.5) is 0 Å². The zero-order valence-electron chi connectivity index (χ0n) is 16.1. The second kappa shape index (κ2) is 7.23. The summed E-state index contributed by atoms with van der Waals surface area (Å²) in [5.41, 5.74) is 1.20. The maximum atomic E-state index is 12.2. The highest BCUT2D eigenvalue weighted by molar-refractivity contribution is 5.64. The Morgan fingerprint density at radius 1 is 1.03 bits per heavy atom. The molecular weight excluding hydrogens is 372 g/mol. The Morgan fingerprint density at radius 3 is 2.52 bits per heavy atom. The van der Waals surface area contributed by atoms with E-state index in [0.29, 0.717) is 11.4 Å². The van der Waals surface area contributed by atoms with Crippen molar-refractivity contribution in [1.82, 2.24) is 19.7 Å². The molecule has 2 heterocycles. The van der Waals surface area contributed by atoms with Crippen LogP contribution in [0.2, 0.25) is 0 Å². The van der Waals surface area contributed by atoms with Crippen LogP contribution in [0.3, 0.4) is 0 Å². The molecule has 0 atom stereocenters. The Hall–Kier alpha value is -3.94. The second-order valence-electron chi connectivity index (χ2n) is 6.59. The van der Waals surface area contributed by atoms with Gasteiger partial charge in [-0.3, -0.25) is 9.78 Å². The van der Waals surface area contributed by atoms with E-state index < -0.39 is 11.2 Å². The van der Waals surface area contributed by atoms with Gasteiger partial charge in [0, 0.05) is 18.3 Å². The third-order valence-electron chi connectivity index (χ3n) is 4.67. The van der Waals surface area contributed by atoms with Crippen molar-refractivity contribution in [2.75, 3.05) is 0 Å². The molecule has 0 saturated carbocycles. The quantitative estimate of drug-likeness (QED) is 0.574. The molecule has 0 fully saturated rings. The van der Waals surface area contributed by atoms with Gasteiger partial charge in [-0.05, 0) is 49.7 Å². The largest absolute Gasteiger partial charge is 0.457 e. The Balaban J connectivity index is 1.68. The van der Waals surface area contributed by atoms with E-state index in [9.17, 15) is 9.59 Å². The van der Waals surface area contributed by atoms with Crippen LogP contribution in [0, 0.1) is 13.8 Å². The number of nitrogens with one attached hydrogen (secondary N) is 1. The van der Waals surface area contributed by atoms with Crippen LogP contribution in [0.15, 0.2) is 62.6 Å². The minimum absolute atomic E-state index is 0.123. The predicted octanol–water partition coefficient (Wildman–Crippen LogP) is 3.20. The van der Waals surface area contributed by atoms with E-state index in [0.717, 1.165) is 16.9 Å². The van der Waals surface area contributed by atoms with E-state index >= 15 is 0 Å². The lowest BCUT2D eigenvalue weighted by atomic mass is 10.1. The van der Waals surface area contributed by atoms with Gasteiger partial charge < -0.3 is 13.8 Å². The summed E-state index contributed by atoms with van der Waals surface area (Å²) in [7, 11) is 1.56. The Bertz CT molecular complexity index is 1300. The minimum atomic E-state index is -0.554. The maximum Gasteiger partial charge on any atom is 0.328 e. The molecule has 146 valence electrons. The monoisotopic (exact) mass is 390 g/mol. The van der Waals surface area contributed by atoms with E-state index in [1.165, 1.54) is 4.57 Å². The first kappa shape index (κ1) is 18.4. The third kappa shape index (κ3) is 3.47. The zero-order valence-corrected chi connectivity index (χ0v) is 16.1. The summed E-state index contributed by atoms with van der Waals surface area (Å²) in [6, 6.07) is 15.0. The lowest BCUT2D eigenvalue weighted by molar-refractivity contribution is 0.431. The summed E-state index contributed by atoms with van der Waals surface area (Å²) < 4.78 is 12.5. The lowest BCUT2D eigenvalue weighted by Gasteiger charge is -2.08. The number of aromatic amines is 1. The summed E-state index contributed by atoms with van der Waals surface area (Å²) in [5.74, 6) is 1.82. The Kier molecular flexibility index (Phi) is 4.59. The lowest BCUT2D eigenvalue weighted by Crippen LogP contribution is -2.31. The molecule has 0 unspecified atom stereocenters. The van der Waals surface area contributed by atoms with Gasteiger partial charge in [0.25, 0.3) is 11.4 Å². The molecule has 29 heavy (non-hydrogen) atoms. The third-order valence-corrected chi connectivity index (χ3v) is 4.67. The smallest absolute Gasteiger partial charge is 0.328 e. The van der Waals surface area contributed by atoms with E-state index in [-0.39, 0.29) is 17.3 Å². The highest BCUT2D eigenvalue weighted by atomic mass is 16.5. The molecule has 0 aliphatic carbocycles. The van der Waals surface area contributed by atoms with Gasteiger partial charge >= 0.3 is 5.69 Å². The van der Waals surface area contributed by atoms with Gasteiger partial charge in [-0.25, -0.2) is 4.79 Å². The van der Waals surface area contributed by atoms with Crippen LogP contribution < -0.4 is 16.0 Å². The minimum Gasteiger partial charge on any atom is -0.457 e. The molecule has 8 heteroatoms. The van der Waals surface area contributed by atoms with E-state index in [1.54, 1.807) is 14.0 Å². The highest BCUT2D eigenvalue weighted by Gasteiger charge is 2.19. The van der Waals surface area contributed by atoms with E-state index in [2.05, 4.69) is 15.1 Å². The van der Waals surface area contributed by atoms with Gasteiger partial charge in [0.15, 0.2) is 0 Å². The number of ether oxygens (including phenoxy) is 1. The predicted molar refractivity (Wildman–Crippen MR) is 107 cm³/mol. The first-order chi connectivity index (χ1) is 13.9. The fraction of sp³-hybridized carbons (Fsp3) is 0.143. The molecule has 2 aromatic heterocycles.